The van der Waals surface area contributed by atoms with E-state index in [2.05, 4.69) is 13.8 Å². The Hall–Kier alpha value is -1.39. The van der Waals surface area contributed by atoms with Crippen LogP contribution in [0.2, 0.25) is 0 Å². The van der Waals surface area contributed by atoms with Crippen LogP contribution >= 0.6 is 0 Å². The summed E-state index contributed by atoms with van der Waals surface area (Å²) in [6.45, 7) is 3.75. The van der Waals surface area contributed by atoms with Gasteiger partial charge in [-0.05, 0) is 0 Å². The van der Waals surface area contributed by atoms with Crippen molar-refractivity contribution in [3.05, 3.63) is 0 Å². The summed E-state index contributed by atoms with van der Waals surface area (Å²) >= 11 is 0. The average Bonchev–Trinajstić information content (AvgIpc) is 2.37. The number of hydrogen-bond donors (Lipinski definition) is 1. The number of carboxylic acid groups (broad SMARTS) is 1. The highest BCUT2D eigenvalue weighted by atomic mass is 16.4. The molecule has 0 unspecified atom stereocenters. The topological polar surface area (TPSA) is 74.7 Å². The molecule has 80 valence electrons. The Morgan fingerprint density at radius 3 is 1.93 bits per heavy atom. The maximum absolute atomic E-state index is 10.8. The smallest absolute Gasteiger partial charge is 0.323 e. The van der Waals surface area contributed by atoms with E-state index in [9.17, 15) is 14.4 Å². The second kappa shape index (κ2) is 6.12. The van der Waals surface area contributed by atoms with Crippen LogP contribution in [0.15, 0.2) is 0 Å². The van der Waals surface area contributed by atoms with Crippen LogP contribution < -0.4 is 0 Å². The van der Waals surface area contributed by atoms with Crippen LogP contribution in [0.5, 0.6) is 0 Å². The minimum Gasteiger partial charge on any atom is -0.480 e. The Morgan fingerprint density at radius 1 is 1.29 bits per heavy atom. The largest absolute Gasteiger partial charge is 0.480 e. The number of carbonyl (C=O) groups is 3. The number of nitrogens with zero attached hydrogens (tertiary/aromatic N) is 1. The maximum Gasteiger partial charge on any atom is 0.323 e. The van der Waals surface area contributed by atoms with E-state index in [1.807, 2.05) is 0 Å². The molecule has 0 spiro atoms. The number of imide groups is 1. The van der Waals surface area contributed by atoms with Gasteiger partial charge in [-0.3, -0.25) is 19.3 Å². The number of carbonyl (C=O) groups excluding carboxylic acids is 2. The third-order valence-corrected chi connectivity index (χ3v) is 1.45. The van der Waals surface area contributed by atoms with Crippen LogP contribution in [0.4, 0.5) is 0 Å². The second-order valence-electron chi connectivity index (χ2n) is 2.97. The van der Waals surface area contributed by atoms with Crippen LogP contribution in [-0.2, 0) is 14.4 Å². The van der Waals surface area contributed by atoms with E-state index < -0.39 is 24.3 Å². The van der Waals surface area contributed by atoms with E-state index in [-0.39, 0.29) is 12.8 Å². The minimum absolute atomic E-state index is 0.145. The predicted molar refractivity (Wildman–Crippen MR) is 49.6 cm³/mol. The first-order valence-corrected chi connectivity index (χ1v) is 4.57. The van der Waals surface area contributed by atoms with Crippen LogP contribution in [0.3, 0.4) is 0 Å². The molecule has 1 heterocycles. The Labute approximate surface area is 82.7 Å². The first-order valence-electron chi connectivity index (χ1n) is 4.57. The molecule has 1 aliphatic rings. The Balaban J connectivity index is 0.000000500. The molecular formula is C9H15NO4. The normalized spacial score (nSPS) is 15.1. The first kappa shape index (κ1) is 12.6. The van der Waals surface area contributed by atoms with Gasteiger partial charge in [-0.2, -0.15) is 0 Å². The summed E-state index contributed by atoms with van der Waals surface area (Å²) in [6.07, 6.45) is 1.54. The zero-order valence-corrected chi connectivity index (χ0v) is 8.45. The lowest BCUT2D eigenvalue weighted by Crippen LogP contribution is -2.34. The van der Waals surface area contributed by atoms with Gasteiger partial charge in [0.15, 0.2) is 0 Å². The van der Waals surface area contributed by atoms with Gasteiger partial charge < -0.3 is 5.11 Å². The Bertz CT molecular complexity index is 221. The average molecular weight is 201 g/mol. The highest BCUT2D eigenvalue weighted by Gasteiger charge is 2.30. The SMILES string of the molecule is CCC.O=C(O)CN1C(=O)CCC1=O. The van der Waals surface area contributed by atoms with Crippen molar-refractivity contribution in [2.24, 2.45) is 0 Å². The van der Waals surface area contributed by atoms with Crippen molar-refractivity contribution < 1.29 is 19.5 Å². The lowest BCUT2D eigenvalue weighted by Gasteiger charge is -2.08. The fourth-order valence-corrected chi connectivity index (χ4v) is 0.934. The fraction of sp³-hybridized carbons (Fsp3) is 0.667. The van der Waals surface area contributed by atoms with E-state index in [4.69, 9.17) is 5.11 Å². The lowest BCUT2D eigenvalue weighted by atomic mass is 10.4. The van der Waals surface area contributed by atoms with Crippen LogP contribution in [-0.4, -0.2) is 34.3 Å². The summed E-state index contributed by atoms with van der Waals surface area (Å²) < 4.78 is 0. The molecule has 0 aromatic carbocycles. The van der Waals surface area contributed by atoms with Crippen molar-refractivity contribution in [1.29, 1.82) is 0 Å². The number of likely N-dealkylation sites (tertiary alicyclic amines) is 1. The summed E-state index contributed by atoms with van der Waals surface area (Å²) in [5.74, 6) is -1.94. The molecule has 0 radical (unpaired) electrons. The van der Waals surface area contributed by atoms with E-state index in [0.29, 0.717) is 0 Å². The highest BCUT2D eigenvalue weighted by molar-refractivity contribution is 6.03. The monoisotopic (exact) mass is 201 g/mol. The molecule has 0 aliphatic carbocycles. The lowest BCUT2D eigenvalue weighted by molar-refractivity contribution is -0.148. The van der Waals surface area contributed by atoms with Gasteiger partial charge in [-0.25, -0.2) is 0 Å². The third-order valence-electron chi connectivity index (χ3n) is 1.45. The minimum atomic E-state index is -1.16. The van der Waals surface area contributed by atoms with Crippen molar-refractivity contribution in [3.63, 3.8) is 0 Å². The number of aliphatic carboxylic acids is 1. The number of amides is 2. The molecule has 1 aliphatic heterocycles. The summed E-state index contributed by atoms with van der Waals surface area (Å²) in [5.41, 5.74) is 0. The molecule has 0 atom stereocenters. The number of carboxylic acids is 1. The van der Waals surface area contributed by atoms with E-state index in [0.717, 1.165) is 4.90 Å². The van der Waals surface area contributed by atoms with Gasteiger partial charge in [-0.15, -0.1) is 0 Å². The summed E-state index contributed by atoms with van der Waals surface area (Å²) in [5, 5.41) is 8.26. The Morgan fingerprint density at radius 2 is 1.64 bits per heavy atom. The molecule has 0 aromatic rings. The predicted octanol–water partition coefficient (Wildman–Crippen LogP) is 0.636. The van der Waals surface area contributed by atoms with E-state index >= 15 is 0 Å². The number of hydrogen-bond acceptors (Lipinski definition) is 3. The summed E-state index contributed by atoms with van der Waals surface area (Å²) in [7, 11) is 0. The zero-order chi connectivity index (χ0) is 11.1. The molecule has 5 nitrogen and oxygen atoms in total. The zero-order valence-electron chi connectivity index (χ0n) is 8.45. The van der Waals surface area contributed by atoms with E-state index in [1.54, 1.807) is 0 Å². The molecule has 2 amide bonds. The van der Waals surface area contributed by atoms with Crippen molar-refractivity contribution in [2.75, 3.05) is 6.54 Å². The van der Waals surface area contributed by atoms with Crippen LogP contribution in [0.1, 0.15) is 33.1 Å². The quantitative estimate of drug-likeness (QED) is 0.665. The van der Waals surface area contributed by atoms with Gasteiger partial charge in [-0.1, -0.05) is 20.3 Å². The highest BCUT2D eigenvalue weighted by Crippen LogP contribution is 2.10. The van der Waals surface area contributed by atoms with Crippen molar-refractivity contribution in [1.82, 2.24) is 4.90 Å². The van der Waals surface area contributed by atoms with Gasteiger partial charge in [0.1, 0.15) is 6.54 Å². The molecule has 0 saturated carbocycles. The summed E-state index contributed by atoms with van der Waals surface area (Å²) in [6, 6.07) is 0. The van der Waals surface area contributed by atoms with Gasteiger partial charge in [0.2, 0.25) is 11.8 Å². The molecule has 1 saturated heterocycles. The molecule has 5 heteroatoms. The van der Waals surface area contributed by atoms with Crippen molar-refractivity contribution in [2.45, 2.75) is 33.1 Å². The molecule has 14 heavy (non-hydrogen) atoms. The Kier molecular flexibility index (Phi) is 5.52. The van der Waals surface area contributed by atoms with Gasteiger partial charge in [0.05, 0.1) is 0 Å². The van der Waals surface area contributed by atoms with Crippen molar-refractivity contribution in [3.8, 4) is 0 Å². The molecule has 0 aromatic heterocycles. The van der Waals surface area contributed by atoms with Crippen molar-refractivity contribution >= 4 is 17.8 Å². The fourth-order valence-electron chi connectivity index (χ4n) is 0.934. The van der Waals surface area contributed by atoms with Crippen LogP contribution in [0.25, 0.3) is 0 Å². The van der Waals surface area contributed by atoms with Gasteiger partial charge in [0, 0.05) is 12.8 Å². The van der Waals surface area contributed by atoms with Gasteiger partial charge >= 0.3 is 5.97 Å². The molecule has 0 bridgehead atoms. The molecule has 1 N–H and O–H groups in total. The van der Waals surface area contributed by atoms with Gasteiger partial charge in [0.25, 0.3) is 0 Å². The summed E-state index contributed by atoms with van der Waals surface area (Å²) in [4.78, 5) is 32.4. The molecule has 1 fully saturated rings. The van der Waals surface area contributed by atoms with Crippen LogP contribution in [0, 0.1) is 0 Å². The molecular weight excluding hydrogens is 186 g/mol. The maximum atomic E-state index is 10.8. The number of rotatable bonds is 2. The second-order valence-corrected chi connectivity index (χ2v) is 2.97. The standard InChI is InChI=1S/C6H7NO4.C3H8/c8-4-1-2-5(9)7(4)3-6(10)11;1-3-2/h1-3H2,(H,10,11);3H2,1-2H3. The third kappa shape index (κ3) is 4.02. The van der Waals surface area contributed by atoms with E-state index in [1.165, 1.54) is 6.42 Å². The molecule has 1 rings (SSSR count). The first-order chi connectivity index (χ1) is 6.52.